The molecule has 0 fully saturated rings. The third-order valence-corrected chi connectivity index (χ3v) is 0. The van der Waals surface area contributed by atoms with E-state index in [0.29, 0.717) is 0 Å². The largest absolute Gasteiger partial charge is 1.00 e. The Morgan fingerprint density at radius 2 is 1.17 bits per heavy atom. The van der Waals surface area contributed by atoms with Crippen LogP contribution >= 0.6 is 0 Å². The zero-order valence-electron chi connectivity index (χ0n) is 5.00. The molecule has 0 unspecified atom stereocenters. The molecule has 0 spiro atoms. The predicted octanol–water partition coefficient (Wildman–Crippen LogP) is -1.12. The van der Waals surface area contributed by atoms with Gasteiger partial charge in [0.25, 0.3) is 0 Å². The quantitative estimate of drug-likeness (QED) is 0.368. The van der Waals surface area contributed by atoms with Crippen LogP contribution in [0.25, 0.3) is 5.40 Å². The standard InChI is InChI=1S/C3H10NSi.K/c1-5(2,3)4;/h4H,1-3H3;/q-1;+1. The molecule has 0 aliphatic rings. The van der Waals surface area contributed by atoms with Gasteiger partial charge in [0.2, 0.25) is 0 Å². The van der Waals surface area contributed by atoms with Crippen molar-refractivity contribution >= 4 is 8.24 Å². The van der Waals surface area contributed by atoms with Gasteiger partial charge in [-0.1, -0.05) is 27.9 Å². The predicted molar refractivity (Wildman–Crippen MR) is 27.7 cm³/mol. The fourth-order valence-electron chi connectivity index (χ4n) is 0. The summed E-state index contributed by atoms with van der Waals surface area (Å²) in [6.45, 7) is 5.98. The molecule has 0 atom stereocenters. The average Bonchev–Trinajstić information content (AvgIpc) is 0.722. The minimum absolute atomic E-state index is 0. The Morgan fingerprint density at radius 3 is 1.17 bits per heavy atom. The van der Waals surface area contributed by atoms with Crippen LogP contribution in [-0.2, 0) is 0 Å². The molecule has 0 aromatic heterocycles. The van der Waals surface area contributed by atoms with Crippen LogP contribution in [0, 0.1) is 0 Å². The molecule has 3 heteroatoms. The summed E-state index contributed by atoms with van der Waals surface area (Å²) in [4.78, 5) is 0. The maximum absolute atomic E-state index is 7.08. The van der Waals surface area contributed by atoms with Crippen LogP contribution in [0.4, 0.5) is 0 Å². The zero-order chi connectivity index (χ0) is 4.50. The van der Waals surface area contributed by atoms with E-state index < -0.39 is 8.24 Å². The van der Waals surface area contributed by atoms with Gasteiger partial charge in [-0.2, -0.15) is 0 Å². The molecular formula is C3H10KNSi. The van der Waals surface area contributed by atoms with Crippen molar-refractivity contribution in [2.75, 3.05) is 0 Å². The van der Waals surface area contributed by atoms with E-state index in [1.54, 1.807) is 0 Å². The van der Waals surface area contributed by atoms with E-state index in [2.05, 4.69) is 0 Å². The summed E-state index contributed by atoms with van der Waals surface area (Å²) in [5.41, 5.74) is 0. The zero-order valence-corrected chi connectivity index (χ0v) is 9.12. The summed E-state index contributed by atoms with van der Waals surface area (Å²) in [6, 6.07) is 0. The van der Waals surface area contributed by atoms with Crippen molar-refractivity contribution in [2.45, 2.75) is 19.6 Å². The molecule has 0 radical (unpaired) electrons. The van der Waals surface area contributed by atoms with Crippen LogP contribution in [0.15, 0.2) is 0 Å². The smallest absolute Gasteiger partial charge is 0.680 e. The summed E-state index contributed by atoms with van der Waals surface area (Å²) in [6.07, 6.45) is 0. The van der Waals surface area contributed by atoms with Gasteiger partial charge in [-0.05, 0) is 0 Å². The molecule has 0 heterocycles. The first kappa shape index (κ1) is 10.7. The number of rotatable bonds is 0. The Labute approximate surface area is 83.2 Å². The second-order valence-electron chi connectivity index (χ2n) is 2.25. The molecule has 0 bridgehead atoms. The van der Waals surface area contributed by atoms with Crippen molar-refractivity contribution < 1.29 is 51.4 Å². The molecule has 0 aromatic carbocycles. The second kappa shape index (κ2) is 3.77. The van der Waals surface area contributed by atoms with Crippen molar-refractivity contribution in [1.29, 1.82) is 0 Å². The fourth-order valence-corrected chi connectivity index (χ4v) is 0. The van der Waals surface area contributed by atoms with E-state index >= 15 is 0 Å². The van der Waals surface area contributed by atoms with E-state index in [1.165, 1.54) is 0 Å². The first-order valence-corrected chi connectivity index (χ1v) is 5.25. The molecule has 6 heavy (non-hydrogen) atoms. The van der Waals surface area contributed by atoms with Crippen molar-refractivity contribution in [1.82, 2.24) is 0 Å². The monoisotopic (exact) mass is 127 g/mol. The van der Waals surface area contributed by atoms with E-state index in [-0.39, 0.29) is 51.4 Å². The van der Waals surface area contributed by atoms with Crippen molar-refractivity contribution in [3.05, 3.63) is 5.40 Å². The molecule has 32 valence electrons. The van der Waals surface area contributed by atoms with Crippen LogP contribution in [0.2, 0.25) is 19.6 Å². The molecule has 1 N–H and O–H groups in total. The van der Waals surface area contributed by atoms with Gasteiger partial charge >= 0.3 is 51.4 Å². The van der Waals surface area contributed by atoms with Crippen LogP contribution in [0.1, 0.15) is 0 Å². The third kappa shape index (κ3) is 41.0. The van der Waals surface area contributed by atoms with Gasteiger partial charge < -0.3 is 5.40 Å². The molecule has 0 amide bonds. The van der Waals surface area contributed by atoms with E-state index in [4.69, 9.17) is 5.40 Å². The molecule has 0 saturated heterocycles. The average molecular weight is 127 g/mol. The Balaban J connectivity index is 0. The fraction of sp³-hybridized carbons (Fsp3) is 1.00. The van der Waals surface area contributed by atoms with Crippen molar-refractivity contribution in [3.8, 4) is 0 Å². The summed E-state index contributed by atoms with van der Waals surface area (Å²) >= 11 is 0. The topological polar surface area (TPSA) is 23.8 Å². The minimum Gasteiger partial charge on any atom is -0.680 e. The second-order valence-corrected chi connectivity index (χ2v) is 6.75. The molecule has 0 saturated carbocycles. The number of hydrogen-bond donors (Lipinski definition) is 0. The number of nitrogens with one attached hydrogen (secondary N) is 1. The summed E-state index contributed by atoms with van der Waals surface area (Å²) in [7, 11) is -1.36. The normalized spacial score (nSPS) is 10.0. The Hall–Kier alpha value is 1.81. The van der Waals surface area contributed by atoms with Crippen molar-refractivity contribution in [2.24, 2.45) is 0 Å². The maximum Gasteiger partial charge on any atom is 1.00 e. The van der Waals surface area contributed by atoms with Gasteiger partial charge in [0.15, 0.2) is 0 Å². The Bertz CT molecular complexity index is 26.3. The molecule has 0 rings (SSSR count). The van der Waals surface area contributed by atoms with E-state index in [9.17, 15) is 0 Å². The Kier molecular flexibility index (Phi) is 6.75. The van der Waals surface area contributed by atoms with Crippen molar-refractivity contribution in [3.63, 3.8) is 0 Å². The van der Waals surface area contributed by atoms with Gasteiger partial charge in [-0.15, -0.1) is 0 Å². The van der Waals surface area contributed by atoms with Gasteiger partial charge in [0.05, 0.1) is 0 Å². The summed E-state index contributed by atoms with van der Waals surface area (Å²) < 4.78 is 0. The first-order valence-electron chi connectivity index (χ1n) is 1.75. The molecule has 1 nitrogen and oxygen atoms in total. The van der Waals surface area contributed by atoms with Crippen LogP contribution in [0.3, 0.4) is 0 Å². The van der Waals surface area contributed by atoms with Crippen LogP contribution in [0.5, 0.6) is 0 Å². The minimum atomic E-state index is -1.36. The van der Waals surface area contributed by atoms with Gasteiger partial charge in [-0.25, -0.2) is 0 Å². The van der Waals surface area contributed by atoms with Crippen LogP contribution < -0.4 is 51.4 Å². The van der Waals surface area contributed by atoms with E-state index in [1.807, 2.05) is 19.6 Å². The van der Waals surface area contributed by atoms with Gasteiger partial charge in [-0.3, -0.25) is 0 Å². The van der Waals surface area contributed by atoms with Crippen LogP contribution in [-0.4, -0.2) is 8.24 Å². The SMILES string of the molecule is C[Si](C)(C)[NH-].[K+]. The van der Waals surface area contributed by atoms with Gasteiger partial charge in [0, 0.05) is 0 Å². The molecular weight excluding hydrogens is 117 g/mol. The summed E-state index contributed by atoms with van der Waals surface area (Å²) in [5, 5.41) is 7.08. The maximum atomic E-state index is 7.08. The van der Waals surface area contributed by atoms with Gasteiger partial charge in [0.1, 0.15) is 0 Å². The van der Waals surface area contributed by atoms with E-state index in [0.717, 1.165) is 0 Å². The first-order chi connectivity index (χ1) is 2.00. The third-order valence-electron chi connectivity index (χ3n) is 0. The molecule has 0 aliphatic carbocycles. The summed E-state index contributed by atoms with van der Waals surface area (Å²) in [5.74, 6) is 0. The number of hydrogen-bond acceptors (Lipinski definition) is 0. The molecule has 0 aliphatic heterocycles. The Morgan fingerprint density at radius 1 is 1.17 bits per heavy atom. The molecule has 0 aromatic rings.